The third-order valence-corrected chi connectivity index (χ3v) is 6.87. The number of hydrogen-bond donors (Lipinski definition) is 0. The van der Waals surface area contributed by atoms with Gasteiger partial charge < -0.3 is 4.74 Å². The van der Waals surface area contributed by atoms with Gasteiger partial charge in [-0.25, -0.2) is 0 Å². The molecule has 0 unspecified atom stereocenters. The van der Waals surface area contributed by atoms with Gasteiger partial charge in [-0.2, -0.15) is 0 Å². The molecule has 0 spiro atoms. The molecule has 0 bridgehead atoms. The van der Waals surface area contributed by atoms with E-state index in [4.69, 9.17) is 4.74 Å². The van der Waals surface area contributed by atoms with Crippen LogP contribution in [0.4, 0.5) is 0 Å². The zero-order valence-electron chi connectivity index (χ0n) is 15.2. The molecule has 0 aromatic rings. The molecule has 5 atom stereocenters. The standard InChI is InChI=1S/C20H28O5/c1-12(21)25-19-8-6-17-15-5-3-13(22)11-14(23)4-7-18(24)16(15)9-10-20(17,19)2/h15-17,19H,3-11H2,1-2H3/t15-,16+,17+,19+,20+/m1/s1. The number of carbonyl (C=O) groups excluding carboxylic acids is 4. The molecule has 3 fully saturated rings. The monoisotopic (exact) mass is 348 g/mol. The molecule has 0 heterocycles. The van der Waals surface area contributed by atoms with Crippen molar-refractivity contribution in [2.45, 2.75) is 77.7 Å². The van der Waals surface area contributed by atoms with E-state index < -0.39 is 0 Å². The second-order valence-corrected chi connectivity index (χ2v) is 8.36. The van der Waals surface area contributed by atoms with Crippen molar-refractivity contribution in [1.29, 1.82) is 0 Å². The van der Waals surface area contributed by atoms with Crippen molar-refractivity contribution in [2.24, 2.45) is 23.2 Å². The van der Waals surface area contributed by atoms with Crippen LogP contribution in [-0.4, -0.2) is 29.4 Å². The summed E-state index contributed by atoms with van der Waals surface area (Å²) < 4.78 is 5.59. The van der Waals surface area contributed by atoms with Crippen LogP contribution in [0.5, 0.6) is 0 Å². The summed E-state index contributed by atoms with van der Waals surface area (Å²) in [5, 5.41) is 0. The molecule has 0 aromatic heterocycles. The summed E-state index contributed by atoms with van der Waals surface area (Å²) in [6.45, 7) is 3.63. The van der Waals surface area contributed by atoms with Gasteiger partial charge in [0.15, 0.2) is 0 Å². The average molecular weight is 348 g/mol. The van der Waals surface area contributed by atoms with E-state index >= 15 is 0 Å². The quantitative estimate of drug-likeness (QED) is 0.538. The van der Waals surface area contributed by atoms with Gasteiger partial charge in [0.1, 0.15) is 23.5 Å². The lowest BCUT2D eigenvalue weighted by Crippen LogP contribution is -2.46. The minimum Gasteiger partial charge on any atom is -0.462 e. The van der Waals surface area contributed by atoms with Crippen molar-refractivity contribution >= 4 is 23.3 Å². The van der Waals surface area contributed by atoms with E-state index in [0.717, 1.165) is 25.7 Å². The van der Waals surface area contributed by atoms with Crippen molar-refractivity contribution in [3.63, 3.8) is 0 Å². The third-order valence-electron chi connectivity index (χ3n) is 6.87. The Kier molecular flexibility index (Phi) is 5.12. The number of fused-ring (bicyclic) bond motifs is 3. The smallest absolute Gasteiger partial charge is 0.302 e. The first kappa shape index (κ1) is 18.3. The summed E-state index contributed by atoms with van der Waals surface area (Å²) in [6, 6.07) is 0. The molecule has 0 aromatic carbocycles. The second kappa shape index (κ2) is 7.00. The maximum absolute atomic E-state index is 12.7. The van der Waals surface area contributed by atoms with Crippen LogP contribution in [0.25, 0.3) is 0 Å². The topological polar surface area (TPSA) is 77.5 Å². The van der Waals surface area contributed by atoms with Gasteiger partial charge in [-0.3, -0.25) is 19.2 Å². The van der Waals surface area contributed by atoms with Crippen LogP contribution in [0.15, 0.2) is 0 Å². The number of rotatable bonds is 1. The molecule has 5 nitrogen and oxygen atoms in total. The van der Waals surface area contributed by atoms with Gasteiger partial charge in [0.05, 0.1) is 6.42 Å². The SMILES string of the molecule is CC(=O)O[C@H]1CC[C@H]2[C@@H]3CCC(=O)CC(=O)CCC(=O)[C@H]3CC[C@]12C. The predicted octanol–water partition coefficient (Wildman–Crippen LogP) is 3.03. The van der Waals surface area contributed by atoms with Gasteiger partial charge in [-0.05, 0) is 43.9 Å². The molecule has 0 saturated heterocycles. The van der Waals surface area contributed by atoms with Crippen LogP contribution in [-0.2, 0) is 23.9 Å². The Bertz CT molecular complexity index is 595. The van der Waals surface area contributed by atoms with Crippen LogP contribution in [0.3, 0.4) is 0 Å². The van der Waals surface area contributed by atoms with Crippen LogP contribution in [0.2, 0.25) is 0 Å². The fourth-order valence-corrected chi connectivity index (χ4v) is 5.61. The van der Waals surface area contributed by atoms with E-state index in [-0.39, 0.29) is 65.9 Å². The Hall–Kier alpha value is -1.52. The van der Waals surface area contributed by atoms with Crippen LogP contribution in [0.1, 0.15) is 71.6 Å². The minimum absolute atomic E-state index is 0.0000848. The van der Waals surface area contributed by atoms with Gasteiger partial charge in [-0.15, -0.1) is 0 Å². The van der Waals surface area contributed by atoms with E-state index in [1.807, 2.05) is 0 Å². The Morgan fingerprint density at radius 2 is 1.72 bits per heavy atom. The van der Waals surface area contributed by atoms with Gasteiger partial charge in [0, 0.05) is 37.5 Å². The highest BCUT2D eigenvalue weighted by atomic mass is 16.5. The average Bonchev–Trinajstić information content (AvgIpc) is 2.86. The molecule has 3 rings (SSSR count). The number of hydrogen-bond acceptors (Lipinski definition) is 5. The molecule has 138 valence electrons. The lowest BCUT2D eigenvalue weighted by atomic mass is 9.57. The summed E-state index contributed by atoms with van der Waals surface area (Å²) in [5.41, 5.74) is -0.101. The molecule has 3 aliphatic carbocycles. The minimum atomic E-state index is -0.246. The van der Waals surface area contributed by atoms with Crippen molar-refractivity contribution in [3.05, 3.63) is 0 Å². The lowest BCUT2D eigenvalue weighted by molar-refractivity contribution is -0.156. The number of carbonyl (C=O) groups is 4. The third kappa shape index (κ3) is 3.56. The van der Waals surface area contributed by atoms with E-state index in [1.165, 1.54) is 6.92 Å². The largest absolute Gasteiger partial charge is 0.462 e. The molecule has 0 amide bonds. The summed E-state index contributed by atoms with van der Waals surface area (Å²) >= 11 is 0. The molecule has 0 aliphatic heterocycles. The maximum Gasteiger partial charge on any atom is 0.302 e. The van der Waals surface area contributed by atoms with E-state index in [9.17, 15) is 19.2 Å². The van der Waals surface area contributed by atoms with Crippen molar-refractivity contribution in [1.82, 2.24) is 0 Å². The maximum atomic E-state index is 12.7. The van der Waals surface area contributed by atoms with Gasteiger partial charge in [-0.1, -0.05) is 6.92 Å². The molecular weight excluding hydrogens is 320 g/mol. The zero-order valence-corrected chi connectivity index (χ0v) is 15.2. The Balaban J connectivity index is 1.83. The first-order valence-corrected chi connectivity index (χ1v) is 9.54. The highest BCUT2D eigenvalue weighted by Crippen LogP contribution is 2.58. The molecule has 3 aliphatic rings. The van der Waals surface area contributed by atoms with E-state index in [0.29, 0.717) is 18.8 Å². The van der Waals surface area contributed by atoms with Crippen molar-refractivity contribution in [2.75, 3.05) is 0 Å². The molecule has 0 N–H and O–H groups in total. The fourth-order valence-electron chi connectivity index (χ4n) is 5.61. The highest BCUT2D eigenvalue weighted by Gasteiger charge is 2.56. The molecule has 3 saturated carbocycles. The summed E-state index contributed by atoms with van der Waals surface area (Å²) in [6.07, 6.45) is 4.83. The van der Waals surface area contributed by atoms with Crippen molar-refractivity contribution < 1.29 is 23.9 Å². The number of esters is 1. The van der Waals surface area contributed by atoms with Crippen LogP contribution in [0, 0.1) is 23.2 Å². The number of ketones is 3. The first-order chi connectivity index (χ1) is 11.8. The molecule has 25 heavy (non-hydrogen) atoms. The summed E-state index contributed by atoms with van der Waals surface area (Å²) in [5.74, 6) is 0.267. The number of ether oxygens (including phenoxy) is 1. The summed E-state index contributed by atoms with van der Waals surface area (Å²) in [7, 11) is 0. The predicted molar refractivity (Wildman–Crippen MR) is 90.7 cm³/mol. The Labute approximate surface area is 148 Å². The highest BCUT2D eigenvalue weighted by molar-refractivity contribution is 6.00. The van der Waals surface area contributed by atoms with Gasteiger partial charge >= 0.3 is 5.97 Å². The molecular formula is C20H28O5. The normalized spacial score (nSPS) is 39.5. The second-order valence-electron chi connectivity index (χ2n) is 8.36. The molecule has 0 radical (unpaired) electrons. The summed E-state index contributed by atoms with van der Waals surface area (Å²) in [4.78, 5) is 48.0. The Morgan fingerprint density at radius 3 is 2.44 bits per heavy atom. The van der Waals surface area contributed by atoms with Crippen LogP contribution >= 0.6 is 0 Å². The van der Waals surface area contributed by atoms with E-state index in [1.54, 1.807) is 0 Å². The Morgan fingerprint density at radius 1 is 1.00 bits per heavy atom. The first-order valence-electron chi connectivity index (χ1n) is 9.54. The molecule has 5 heteroatoms. The fraction of sp³-hybridized carbons (Fsp3) is 0.800. The van der Waals surface area contributed by atoms with Gasteiger partial charge in [0.2, 0.25) is 0 Å². The number of Topliss-reactive ketones (excluding diaryl/α,β-unsaturated/α-hetero) is 3. The lowest BCUT2D eigenvalue weighted by Gasteiger charge is -2.48. The van der Waals surface area contributed by atoms with E-state index in [2.05, 4.69) is 6.92 Å². The van der Waals surface area contributed by atoms with Crippen LogP contribution < -0.4 is 0 Å². The van der Waals surface area contributed by atoms with Crippen molar-refractivity contribution in [3.8, 4) is 0 Å². The van der Waals surface area contributed by atoms with Gasteiger partial charge in [0.25, 0.3) is 0 Å². The zero-order chi connectivity index (χ0) is 18.2.